The van der Waals surface area contributed by atoms with Crippen molar-refractivity contribution in [3.8, 4) is 11.1 Å². The standard InChI is InChI=1S/C34H20N6O8S2.2Na/c41-19-35-33-27-7-3-1-5-25(27)31(49(43,44)45)17-29(33)39-37-23-13-9-21(10-14-23)22-11-15-24(16-12-22)38-40-30-18-32(50(46,47)48)26-6-2-4-8-28(26)34(30)36-20-42;;/h1-18H,(H,43,44,45)(H,46,47,48);;/q;2*+1/p-2. The molecule has 246 valence electrons. The second kappa shape index (κ2) is 17.0. The number of carbonyl (C=O) groups excluding carboxylic acids is 2. The third-order valence-electron chi connectivity index (χ3n) is 7.38. The van der Waals surface area contributed by atoms with Crippen LogP contribution in [0, 0.1) is 0 Å². The first kappa shape index (κ1) is 40.4. The number of azo groups is 2. The van der Waals surface area contributed by atoms with Crippen molar-refractivity contribution in [2.75, 3.05) is 0 Å². The number of isocyanates is 2. The first-order valence-electron chi connectivity index (χ1n) is 14.2. The SMILES string of the molecule is O=C=Nc1c(N=Nc2ccc(-c3ccc(N=Nc4cc(S(=O)(=O)[O-])c5ccccc5c4N=C=O)cc3)cc2)cc(S(=O)(=O)[O-])c2ccccc12.[Na+].[Na+]. The zero-order chi connectivity index (χ0) is 35.5. The number of benzene rings is 6. The van der Waals surface area contributed by atoms with Gasteiger partial charge in [-0.1, -0.05) is 72.8 Å². The molecular weight excluding hydrogens is 731 g/mol. The van der Waals surface area contributed by atoms with E-state index in [1.807, 2.05) is 0 Å². The van der Waals surface area contributed by atoms with Gasteiger partial charge in [0.2, 0.25) is 12.2 Å². The Morgan fingerprint density at radius 2 is 0.788 bits per heavy atom. The predicted octanol–water partition coefficient (Wildman–Crippen LogP) is 2.24. The van der Waals surface area contributed by atoms with Crippen molar-refractivity contribution in [1.29, 1.82) is 0 Å². The van der Waals surface area contributed by atoms with Crippen LogP contribution in [0.5, 0.6) is 0 Å². The number of aliphatic imine (C=N–C) groups is 2. The van der Waals surface area contributed by atoms with Crippen LogP contribution in [-0.2, 0) is 29.8 Å². The van der Waals surface area contributed by atoms with E-state index in [1.165, 1.54) is 36.4 Å². The van der Waals surface area contributed by atoms with Crippen LogP contribution in [0.1, 0.15) is 0 Å². The average molecular weight is 749 g/mol. The van der Waals surface area contributed by atoms with Gasteiger partial charge in [-0.25, -0.2) is 26.4 Å². The molecule has 18 heteroatoms. The molecule has 0 radical (unpaired) electrons. The van der Waals surface area contributed by atoms with Crippen molar-refractivity contribution >= 4 is 88.1 Å². The number of rotatable bonds is 9. The van der Waals surface area contributed by atoms with E-state index >= 15 is 0 Å². The number of nitrogens with zero attached hydrogens (tertiary/aromatic N) is 6. The quantitative estimate of drug-likeness (QED) is 0.0699. The number of fused-ring (bicyclic) bond motifs is 2. The van der Waals surface area contributed by atoms with Crippen molar-refractivity contribution in [3.63, 3.8) is 0 Å². The topological polar surface area (TPSA) is 223 Å². The monoisotopic (exact) mass is 748 g/mol. The molecule has 52 heavy (non-hydrogen) atoms. The molecule has 0 unspecified atom stereocenters. The summed E-state index contributed by atoms with van der Waals surface area (Å²) in [6.07, 6.45) is 2.84. The molecule has 0 fully saturated rings. The molecule has 6 aromatic rings. The Morgan fingerprint density at radius 1 is 0.462 bits per heavy atom. The molecule has 0 saturated carbocycles. The molecule has 0 aliphatic carbocycles. The average Bonchev–Trinajstić information content (AvgIpc) is 3.10. The molecule has 0 spiro atoms. The summed E-state index contributed by atoms with van der Waals surface area (Å²) in [4.78, 5) is 28.6. The van der Waals surface area contributed by atoms with Crippen molar-refractivity contribution in [2.45, 2.75) is 9.79 Å². The van der Waals surface area contributed by atoms with E-state index in [4.69, 9.17) is 0 Å². The van der Waals surface area contributed by atoms with E-state index in [0.717, 1.165) is 23.3 Å². The summed E-state index contributed by atoms with van der Waals surface area (Å²) in [6, 6.07) is 27.7. The van der Waals surface area contributed by atoms with Crippen molar-refractivity contribution in [2.24, 2.45) is 30.4 Å². The second-order valence-electron chi connectivity index (χ2n) is 10.4. The number of hydrogen-bond acceptors (Lipinski definition) is 14. The van der Waals surface area contributed by atoms with Gasteiger partial charge in [0.15, 0.2) is 0 Å². The van der Waals surface area contributed by atoms with Crippen molar-refractivity contribution < 1.29 is 94.6 Å². The summed E-state index contributed by atoms with van der Waals surface area (Å²) >= 11 is 0. The summed E-state index contributed by atoms with van der Waals surface area (Å²) in [5, 5.41) is 17.0. The van der Waals surface area contributed by atoms with Gasteiger partial charge in [-0.05, 0) is 47.5 Å². The summed E-state index contributed by atoms with van der Waals surface area (Å²) in [5.74, 6) is 0. The van der Waals surface area contributed by atoms with E-state index in [2.05, 4.69) is 30.4 Å². The van der Waals surface area contributed by atoms with E-state index in [-0.39, 0.29) is 103 Å². The maximum absolute atomic E-state index is 12.0. The largest absolute Gasteiger partial charge is 1.00 e. The molecule has 14 nitrogen and oxygen atoms in total. The normalized spacial score (nSPS) is 11.5. The molecule has 0 aliphatic heterocycles. The van der Waals surface area contributed by atoms with Crippen LogP contribution in [-0.4, -0.2) is 38.1 Å². The Labute approximate surface area is 340 Å². The van der Waals surface area contributed by atoms with E-state index in [9.17, 15) is 35.5 Å². The number of hydrogen-bond donors (Lipinski definition) is 0. The Balaban J connectivity index is 0.00000302. The van der Waals surface area contributed by atoms with Crippen LogP contribution < -0.4 is 59.1 Å². The zero-order valence-electron chi connectivity index (χ0n) is 27.2. The van der Waals surface area contributed by atoms with Crippen LogP contribution in [0.15, 0.2) is 149 Å². The van der Waals surface area contributed by atoms with Crippen molar-refractivity contribution in [1.82, 2.24) is 0 Å². The molecular formula is C34H18N6Na2O8S2. The van der Waals surface area contributed by atoms with Crippen LogP contribution in [0.4, 0.5) is 34.1 Å². The fourth-order valence-electron chi connectivity index (χ4n) is 5.18. The third kappa shape index (κ3) is 8.80. The van der Waals surface area contributed by atoms with Gasteiger partial charge in [0.05, 0.1) is 21.2 Å². The molecule has 0 N–H and O–H groups in total. The third-order valence-corrected chi connectivity index (χ3v) is 9.14. The first-order valence-corrected chi connectivity index (χ1v) is 17.0. The second-order valence-corrected chi connectivity index (χ2v) is 13.1. The minimum atomic E-state index is -4.90. The maximum atomic E-state index is 12.0. The summed E-state index contributed by atoms with van der Waals surface area (Å²) in [7, 11) is -9.80. The Kier molecular flexibility index (Phi) is 13.2. The predicted molar refractivity (Wildman–Crippen MR) is 180 cm³/mol. The fraction of sp³-hybridized carbons (Fsp3) is 0. The molecule has 0 bridgehead atoms. The molecule has 0 amide bonds. The van der Waals surface area contributed by atoms with Crippen molar-refractivity contribution in [3.05, 3.63) is 109 Å². The van der Waals surface area contributed by atoms with E-state index in [0.29, 0.717) is 11.4 Å². The van der Waals surface area contributed by atoms with E-state index < -0.39 is 30.0 Å². The van der Waals surface area contributed by atoms with Gasteiger partial charge in [-0.2, -0.15) is 20.2 Å². The van der Waals surface area contributed by atoms with Crippen LogP contribution >= 0.6 is 0 Å². The molecule has 6 aromatic carbocycles. The molecule has 0 atom stereocenters. The zero-order valence-corrected chi connectivity index (χ0v) is 32.8. The molecule has 0 aliphatic rings. The van der Waals surface area contributed by atoms with Gasteiger partial charge < -0.3 is 9.11 Å². The summed E-state index contributed by atoms with van der Waals surface area (Å²) in [5.41, 5.74) is 2.05. The summed E-state index contributed by atoms with van der Waals surface area (Å²) < 4.78 is 71.8. The molecule has 0 aromatic heterocycles. The van der Waals surface area contributed by atoms with Gasteiger partial charge >= 0.3 is 59.1 Å². The Bertz CT molecular complexity index is 2530. The molecule has 0 heterocycles. The first-order chi connectivity index (χ1) is 24.0. The maximum Gasteiger partial charge on any atom is 1.00 e. The Morgan fingerprint density at radius 3 is 1.10 bits per heavy atom. The Hall–Kier alpha value is -4.38. The van der Waals surface area contributed by atoms with Gasteiger partial charge in [0.25, 0.3) is 0 Å². The van der Waals surface area contributed by atoms with Crippen LogP contribution in [0.3, 0.4) is 0 Å². The summed E-state index contributed by atoms with van der Waals surface area (Å²) in [6.45, 7) is 0. The fourth-order valence-corrected chi connectivity index (χ4v) is 6.59. The minimum absolute atomic E-state index is 0. The van der Waals surface area contributed by atoms with Gasteiger partial charge in [0.1, 0.15) is 43.0 Å². The van der Waals surface area contributed by atoms with Crippen LogP contribution in [0.25, 0.3) is 32.7 Å². The minimum Gasteiger partial charge on any atom is -0.744 e. The van der Waals surface area contributed by atoms with E-state index in [1.54, 1.807) is 72.8 Å². The van der Waals surface area contributed by atoms with Crippen LogP contribution in [0.2, 0.25) is 0 Å². The molecule has 0 saturated heterocycles. The van der Waals surface area contributed by atoms with Gasteiger partial charge in [0, 0.05) is 21.5 Å². The van der Waals surface area contributed by atoms with Gasteiger partial charge in [-0.15, -0.1) is 10.2 Å². The molecule has 6 rings (SSSR count). The smallest absolute Gasteiger partial charge is 0.744 e. The van der Waals surface area contributed by atoms with Gasteiger partial charge in [-0.3, -0.25) is 0 Å².